The molecule has 0 spiro atoms. The molecule has 1 atom stereocenters. The molecule has 2 fully saturated rings. The minimum Gasteiger partial charge on any atom is -0.377 e. The van der Waals surface area contributed by atoms with E-state index in [0.717, 1.165) is 35.6 Å². The molecular weight excluding hydrogens is 388 g/mol. The van der Waals surface area contributed by atoms with Gasteiger partial charge in [0.05, 0.1) is 30.6 Å². The van der Waals surface area contributed by atoms with E-state index in [0.29, 0.717) is 37.6 Å². The smallest absolute Gasteiger partial charge is 0.162 e. The summed E-state index contributed by atoms with van der Waals surface area (Å²) < 4.78 is 29.9. The van der Waals surface area contributed by atoms with E-state index in [2.05, 4.69) is 16.8 Å². The van der Waals surface area contributed by atoms with Crippen molar-refractivity contribution in [3.05, 3.63) is 35.5 Å². The van der Waals surface area contributed by atoms with Gasteiger partial charge in [0, 0.05) is 37.1 Å². The molecule has 0 amide bonds. The predicted octanol–water partition coefficient (Wildman–Crippen LogP) is 2.66. The van der Waals surface area contributed by atoms with Gasteiger partial charge in [0.1, 0.15) is 10.6 Å². The van der Waals surface area contributed by atoms with E-state index in [4.69, 9.17) is 14.7 Å². The van der Waals surface area contributed by atoms with Crippen molar-refractivity contribution < 1.29 is 13.2 Å². The topological polar surface area (TPSA) is 84.8 Å². The van der Waals surface area contributed by atoms with Gasteiger partial charge in [0.2, 0.25) is 0 Å². The zero-order chi connectivity index (χ0) is 20.2. The van der Waals surface area contributed by atoms with Crippen LogP contribution in [-0.2, 0) is 25.7 Å². The third-order valence-electron chi connectivity index (χ3n) is 6.17. The molecule has 7 nitrogen and oxygen atoms in total. The average molecular weight is 413 g/mol. The van der Waals surface area contributed by atoms with Gasteiger partial charge in [-0.25, -0.2) is 18.4 Å². The molecule has 0 bridgehead atoms. The number of morpholine rings is 1. The minimum absolute atomic E-state index is 0.164. The molecule has 1 aromatic carbocycles. The van der Waals surface area contributed by atoms with Crippen LogP contribution in [0.5, 0.6) is 0 Å². The van der Waals surface area contributed by atoms with Crippen molar-refractivity contribution in [2.75, 3.05) is 30.9 Å². The molecule has 29 heavy (non-hydrogen) atoms. The van der Waals surface area contributed by atoms with Gasteiger partial charge in [-0.3, -0.25) is 4.99 Å². The van der Waals surface area contributed by atoms with E-state index in [9.17, 15) is 8.42 Å². The van der Waals surface area contributed by atoms with Crippen LogP contribution in [0, 0.1) is 0 Å². The highest BCUT2D eigenvalue weighted by Gasteiger charge is 2.55. The summed E-state index contributed by atoms with van der Waals surface area (Å²) in [6.07, 6.45) is 5.15. The number of aliphatic imine (C=N–C) groups is 1. The Kier molecular flexibility index (Phi) is 4.25. The normalized spacial score (nSPS) is 22.6. The summed E-state index contributed by atoms with van der Waals surface area (Å²) in [5, 5.41) is 0. The van der Waals surface area contributed by atoms with Crippen molar-refractivity contribution in [1.29, 1.82) is 0 Å². The fourth-order valence-electron chi connectivity index (χ4n) is 4.29. The highest BCUT2D eigenvalue weighted by Crippen LogP contribution is 2.52. The number of hydrogen-bond donors (Lipinski definition) is 0. The van der Waals surface area contributed by atoms with Crippen molar-refractivity contribution in [1.82, 2.24) is 9.97 Å². The van der Waals surface area contributed by atoms with E-state index in [1.165, 1.54) is 6.26 Å². The number of rotatable bonds is 4. The molecule has 1 saturated carbocycles. The maximum Gasteiger partial charge on any atom is 0.162 e. The molecule has 0 radical (unpaired) electrons. The van der Waals surface area contributed by atoms with Crippen LogP contribution in [-0.4, -0.2) is 56.7 Å². The highest BCUT2D eigenvalue weighted by molar-refractivity contribution is 7.91. The Balaban J connectivity index is 1.69. The molecule has 3 aliphatic rings. The molecule has 152 valence electrons. The number of hydrogen-bond acceptors (Lipinski definition) is 7. The number of anilines is 1. The molecule has 3 heterocycles. The number of aromatic nitrogens is 2. The van der Waals surface area contributed by atoms with Crippen LogP contribution in [0.4, 0.5) is 11.5 Å². The summed E-state index contributed by atoms with van der Waals surface area (Å²) >= 11 is 0. The Morgan fingerprint density at radius 2 is 2.07 bits per heavy atom. The largest absolute Gasteiger partial charge is 0.377 e. The van der Waals surface area contributed by atoms with Crippen LogP contribution in [0.1, 0.15) is 31.0 Å². The van der Waals surface area contributed by atoms with Crippen molar-refractivity contribution in [3.63, 3.8) is 0 Å². The second kappa shape index (κ2) is 6.60. The third-order valence-corrected chi connectivity index (χ3v) is 8.21. The lowest BCUT2D eigenvalue weighted by atomic mass is 10.0. The van der Waals surface area contributed by atoms with Crippen LogP contribution in [0.25, 0.3) is 11.4 Å². The number of benzene rings is 1. The summed E-state index contributed by atoms with van der Waals surface area (Å²) in [6.45, 7) is 4.07. The van der Waals surface area contributed by atoms with Crippen molar-refractivity contribution >= 4 is 27.6 Å². The van der Waals surface area contributed by atoms with Gasteiger partial charge in [-0.15, -0.1) is 0 Å². The molecule has 1 saturated heterocycles. The van der Waals surface area contributed by atoms with Gasteiger partial charge in [-0.2, -0.15) is 0 Å². The van der Waals surface area contributed by atoms with Crippen LogP contribution in [0.2, 0.25) is 0 Å². The second-order valence-corrected chi connectivity index (χ2v) is 10.5. The number of nitrogens with zero attached hydrogens (tertiary/aromatic N) is 4. The third kappa shape index (κ3) is 3.05. The Labute approximate surface area is 170 Å². The SMILES string of the molecule is CC1COCCN1c1cc(C2(S(C)(=O)=O)CC2)nc(-c2cccc3c2CC=N3)n1. The average Bonchev–Trinajstić information content (AvgIpc) is 3.39. The van der Waals surface area contributed by atoms with E-state index in [1.54, 1.807) is 0 Å². The van der Waals surface area contributed by atoms with Crippen LogP contribution < -0.4 is 4.90 Å². The fraction of sp³-hybridized carbons (Fsp3) is 0.476. The quantitative estimate of drug-likeness (QED) is 0.768. The van der Waals surface area contributed by atoms with Crippen LogP contribution in [0.3, 0.4) is 0 Å². The summed E-state index contributed by atoms with van der Waals surface area (Å²) in [6, 6.07) is 7.97. The molecule has 1 unspecified atom stereocenters. The van der Waals surface area contributed by atoms with Gasteiger partial charge in [-0.05, 0) is 31.4 Å². The van der Waals surface area contributed by atoms with Crippen molar-refractivity contribution in [2.45, 2.75) is 37.0 Å². The first kappa shape index (κ1) is 18.7. The van der Waals surface area contributed by atoms with E-state index in [-0.39, 0.29) is 6.04 Å². The Hall–Kier alpha value is -2.32. The zero-order valence-corrected chi connectivity index (χ0v) is 17.4. The molecule has 2 aliphatic heterocycles. The summed E-state index contributed by atoms with van der Waals surface area (Å²) in [7, 11) is -3.27. The van der Waals surface area contributed by atoms with E-state index in [1.807, 2.05) is 30.5 Å². The molecule has 2 aromatic rings. The summed E-state index contributed by atoms with van der Waals surface area (Å²) in [5.41, 5.74) is 3.56. The first-order valence-electron chi connectivity index (χ1n) is 9.97. The summed E-state index contributed by atoms with van der Waals surface area (Å²) in [4.78, 5) is 16.3. The van der Waals surface area contributed by atoms with Crippen LogP contribution >= 0.6 is 0 Å². The molecular formula is C21H24N4O3S. The lowest BCUT2D eigenvalue weighted by molar-refractivity contribution is 0.0985. The maximum atomic E-state index is 12.6. The molecule has 5 rings (SSSR count). The van der Waals surface area contributed by atoms with Gasteiger partial charge in [0.15, 0.2) is 15.7 Å². The molecule has 0 N–H and O–H groups in total. The second-order valence-electron chi connectivity index (χ2n) is 8.14. The fourth-order valence-corrected chi connectivity index (χ4v) is 5.62. The Morgan fingerprint density at radius 1 is 1.24 bits per heavy atom. The monoisotopic (exact) mass is 412 g/mol. The predicted molar refractivity (Wildman–Crippen MR) is 113 cm³/mol. The van der Waals surface area contributed by atoms with Crippen molar-refractivity contribution in [3.8, 4) is 11.4 Å². The van der Waals surface area contributed by atoms with Gasteiger partial charge >= 0.3 is 0 Å². The van der Waals surface area contributed by atoms with E-state index < -0.39 is 14.6 Å². The zero-order valence-electron chi connectivity index (χ0n) is 16.6. The standard InChI is InChI=1S/C21H24N4O3S/c1-14-13-28-11-10-25(14)19-12-18(21(7-8-21)29(2,26)27)23-20(24-19)16-4-3-5-17-15(16)6-9-22-17/h3-5,9,12,14H,6-8,10-11,13H2,1-2H3. The molecule has 8 heteroatoms. The van der Waals surface area contributed by atoms with Crippen LogP contribution in [0.15, 0.2) is 29.3 Å². The van der Waals surface area contributed by atoms with Gasteiger partial charge in [0.25, 0.3) is 0 Å². The van der Waals surface area contributed by atoms with Gasteiger partial charge in [-0.1, -0.05) is 12.1 Å². The molecule has 1 aromatic heterocycles. The lowest BCUT2D eigenvalue weighted by Gasteiger charge is -2.34. The van der Waals surface area contributed by atoms with Gasteiger partial charge < -0.3 is 9.64 Å². The molecule has 1 aliphatic carbocycles. The first-order valence-corrected chi connectivity index (χ1v) is 11.9. The summed E-state index contributed by atoms with van der Waals surface area (Å²) in [5.74, 6) is 1.35. The Bertz CT molecular complexity index is 1110. The Morgan fingerprint density at radius 3 is 2.79 bits per heavy atom. The maximum absolute atomic E-state index is 12.6. The minimum atomic E-state index is -3.27. The van der Waals surface area contributed by atoms with Crippen molar-refractivity contribution in [2.24, 2.45) is 4.99 Å². The number of ether oxygens (including phenoxy) is 1. The highest BCUT2D eigenvalue weighted by atomic mass is 32.2. The number of fused-ring (bicyclic) bond motifs is 1. The lowest BCUT2D eigenvalue weighted by Crippen LogP contribution is -2.44. The first-order chi connectivity index (χ1) is 13.9. The number of sulfone groups is 1. The van der Waals surface area contributed by atoms with E-state index >= 15 is 0 Å².